The Morgan fingerprint density at radius 3 is 2.65 bits per heavy atom. The number of anilines is 1. The van der Waals surface area contributed by atoms with Crippen LogP contribution in [-0.4, -0.2) is 0 Å². The third-order valence-corrected chi connectivity index (χ3v) is 3.09. The predicted molar refractivity (Wildman–Crippen MR) is 62.9 cm³/mol. The van der Waals surface area contributed by atoms with Gasteiger partial charge in [-0.05, 0) is 35.7 Å². The Balaban J connectivity index is 1.94. The molecule has 0 saturated heterocycles. The lowest BCUT2D eigenvalue weighted by molar-refractivity contribution is 0.622. The molecule has 3 heteroatoms. The lowest BCUT2D eigenvalue weighted by Gasteiger charge is -2.11. The second-order valence-electron chi connectivity index (χ2n) is 4.23. The molecule has 17 heavy (non-hydrogen) atoms. The quantitative estimate of drug-likeness (QED) is 0.789. The number of rotatable bonds is 1. The van der Waals surface area contributed by atoms with Crippen molar-refractivity contribution in [2.24, 2.45) is 0 Å². The maximum atomic E-state index is 13.5. The van der Waals surface area contributed by atoms with E-state index < -0.39 is 0 Å². The van der Waals surface area contributed by atoms with Crippen LogP contribution in [-0.2, 0) is 6.42 Å². The van der Waals surface area contributed by atoms with Gasteiger partial charge in [0.05, 0.1) is 11.7 Å². The number of benzene rings is 2. The van der Waals surface area contributed by atoms with Crippen LogP contribution in [0.25, 0.3) is 0 Å². The Hall–Kier alpha value is -1.90. The molecular formula is C14H11F2N. The fourth-order valence-electron chi connectivity index (χ4n) is 2.27. The minimum absolute atomic E-state index is 0.0439. The molecule has 1 N–H and O–H groups in total. The normalized spacial score (nSPS) is 17.6. The average Bonchev–Trinajstić information content (AvgIpc) is 2.74. The summed E-state index contributed by atoms with van der Waals surface area (Å²) < 4.78 is 26.6. The molecule has 0 saturated carbocycles. The predicted octanol–water partition coefficient (Wildman–Crippen LogP) is 3.67. The number of para-hydroxylation sites is 1. The number of hydrogen-bond acceptors (Lipinski definition) is 1. The van der Waals surface area contributed by atoms with E-state index in [-0.39, 0.29) is 17.7 Å². The molecule has 0 aromatic heterocycles. The summed E-state index contributed by atoms with van der Waals surface area (Å²) >= 11 is 0. The maximum Gasteiger partial charge on any atom is 0.146 e. The van der Waals surface area contributed by atoms with Crippen molar-refractivity contribution in [3.05, 3.63) is 65.2 Å². The van der Waals surface area contributed by atoms with E-state index in [9.17, 15) is 8.78 Å². The molecule has 1 unspecified atom stereocenters. The first-order valence-corrected chi connectivity index (χ1v) is 5.53. The SMILES string of the molecule is Fc1cccc(C2Cc3cccc(F)c3N2)c1. The van der Waals surface area contributed by atoms with Gasteiger partial charge in [0.2, 0.25) is 0 Å². The second-order valence-corrected chi connectivity index (χ2v) is 4.23. The largest absolute Gasteiger partial charge is 0.375 e. The molecule has 0 amide bonds. The van der Waals surface area contributed by atoms with Crippen molar-refractivity contribution in [2.45, 2.75) is 12.5 Å². The van der Waals surface area contributed by atoms with Crippen molar-refractivity contribution < 1.29 is 8.78 Å². The number of hydrogen-bond donors (Lipinski definition) is 1. The summed E-state index contributed by atoms with van der Waals surface area (Å²) in [7, 11) is 0. The summed E-state index contributed by atoms with van der Waals surface area (Å²) in [5, 5.41) is 3.10. The van der Waals surface area contributed by atoms with Gasteiger partial charge < -0.3 is 5.32 Å². The minimum atomic E-state index is -0.263. The first-order valence-electron chi connectivity index (χ1n) is 5.53. The van der Waals surface area contributed by atoms with E-state index in [1.165, 1.54) is 18.2 Å². The van der Waals surface area contributed by atoms with E-state index in [2.05, 4.69) is 5.32 Å². The smallest absolute Gasteiger partial charge is 0.146 e. The summed E-state index contributed by atoms with van der Waals surface area (Å²) in [5.74, 6) is -0.512. The van der Waals surface area contributed by atoms with E-state index >= 15 is 0 Å². The van der Waals surface area contributed by atoms with E-state index in [0.29, 0.717) is 12.1 Å². The molecule has 2 aromatic rings. The average molecular weight is 231 g/mol. The summed E-state index contributed by atoms with van der Waals surface area (Å²) in [5.41, 5.74) is 2.33. The van der Waals surface area contributed by atoms with Gasteiger partial charge in [0, 0.05) is 0 Å². The number of fused-ring (bicyclic) bond motifs is 1. The van der Waals surface area contributed by atoms with E-state index in [4.69, 9.17) is 0 Å². The van der Waals surface area contributed by atoms with Gasteiger partial charge in [-0.15, -0.1) is 0 Å². The summed E-state index contributed by atoms with van der Waals surface area (Å²) in [6.45, 7) is 0. The first-order chi connectivity index (χ1) is 8.24. The van der Waals surface area contributed by atoms with Crippen LogP contribution in [0, 0.1) is 11.6 Å². The lowest BCUT2D eigenvalue weighted by atomic mass is 10.0. The van der Waals surface area contributed by atoms with Gasteiger partial charge in [-0.25, -0.2) is 8.78 Å². The highest BCUT2D eigenvalue weighted by molar-refractivity contribution is 5.59. The van der Waals surface area contributed by atoms with Gasteiger partial charge in [-0.2, -0.15) is 0 Å². The zero-order chi connectivity index (χ0) is 11.8. The minimum Gasteiger partial charge on any atom is -0.375 e. The van der Waals surface area contributed by atoms with Crippen LogP contribution >= 0.6 is 0 Å². The maximum absolute atomic E-state index is 13.5. The Morgan fingerprint density at radius 2 is 1.88 bits per heavy atom. The van der Waals surface area contributed by atoms with Crippen LogP contribution in [0.1, 0.15) is 17.2 Å². The molecule has 1 aliphatic rings. The van der Waals surface area contributed by atoms with Crippen LogP contribution in [0.4, 0.5) is 14.5 Å². The van der Waals surface area contributed by atoms with Gasteiger partial charge in [0.25, 0.3) is 0 Å². The highest BCUT2D eigenvalue weighted by Gasteiger charge is 2.24. The zero-order valence-electron chi connectivity index (χ0n) is 9.08. The van der Waals surface area contributed by atoms with Crippen molar-refractivity contribution in [3.63, 3.8) is 0 Å². The standard InChI is InChI=1S/C14H11F2N/c15-11-5-1-3-9(7-11)13-8-10-4-2-6-12(16)14(10)17-13/h1-7,13,17H,8H2. The molecule has 2 aromatic carbocycles. The molecular weight excluding hydrogens is 220 g/mol. The molecule has 86 valence electrons. The molecule has 1 atom stereocenters. The van der Waals surface area contributed by atoms with E-state index in [1.807, 2.05) is 12.1 Å². The molecule has 0 radical (unpaired) electrons. The Morgan fingerprint density at radius 1 is 1.06 bits per heavy atom. The summed E-state index contributed by atoms with van der Waals surface area (Å²) in [4.78, 5) is 0. The zero-order valence-corrected chi connectivity index (χ0v) is 9.08. The fourth-order valence-corrected chi connectivity index (χ4v) is 2.27. The van der Waals surface area contributed by atoms with Gasteiger partial charge in [0.1, 0.15) is 11.6 Å². The summed E-state index contributed by atoms with van der Waals surface area (Å²) in [6, 6.07) is 11.4. The lowest BCUT2D eigenvalue weighted by Crippen LogP contribution is -2.06. The summed E-state index contributed by atoms with van der Waals surface area (Å²) in [6.07, 6.45) is 0.691. The van der Waals surface area contributed by atoms with Crippen LogP contribution in [0.2, 0.25) is 0 Å². The molecule has 0 spiro atoms. The van der Waals surface area contributed by atoms with Crippen molar-refractivity contribution in [3.8, 4) is 0 Å². The van der Waals surface area contributed by atoms with E-state index in [0.717, 1.165) is 11.1 Å². The molecule has 3 rings (SSSR count). The van der Waals surface area contributed by atoms with Crippen LogP contribution in [0.3, 0.4) is 0 Å². The molecule has 0 fully saturated rings. The highest BCUT2D eigenvalue weighted by Crippen LogP contribution is 2.35. The highest BCUT2D eigenvalue weighted by atomic mass is 19.1. The molecule has 0 bridgehead atoms. The number of nitrogens with one attached hydrogen (secondary N) is 1. The third-order valence-electron chi connectivity index (χ3n) is 3.09. The van der Waals surface area contributed by atoms with Crippen molar-refractivity contribution >= 4 is 5.69 Å². The molecule has 1 aliphatic heterocycles. The Bertz CT molecular complexity index is 566. The Kier molecular flexibility index (Phi) is 2.32. The van der Waals surface area contributed by atoms with Crippen LogP contribution in [0.15, 0.2) is 42.5 Å². The second kappa shape index (κ2) is 3.84. The van der Waals surface area contributed by atoms with E-state index in [1.54, 1.807) is 12.1 Å². The van der Waals surface area contributed by atoms with Crippen molar-refractivity contribution in [2.75, 3.05) is 5.32 Å². The topological polar surface area (TPSA) is 12.0 Å². The number of halogens is 2. The monoisotopic (exact) mass is 231 g/mol. The van der Waals surface area contributed by atoms with Crippen LogP contribution in [0.5, 0.6) is 0 Å². The van der Waals surface area contributed by atoms with Gasteiger partial charge in [-0.3, -0.25) is 0 Å². The Labute approximate surface area is 98.1 Å². The van der Waals surface area contributed by atoms with Gasteiger partial charge in [-0.1, -0.05) is 24.3 Å². The molecule has 0 aliphatic carbocycles. The first kappa shape index (κ1) is 10.3. The van der Waals surface area contributed by atoms with Crippen LogP contribution < -0.4 is 5.32 Å². The van der Waals surface area contributed by atoms with Gasteiger partial charge >= 0.3 is 0 Å². The van der Waals surface area contributed by atoms with Gasteiger partial charge in [0.15, 0.2) is 0 Å². The molecule has 1 heterocycles. The molecule has 1 nitrogen and oxygen atoms in total. The fraction of sp³-hybridized carbons (Fsp3) is 0.143. The van der Waals surface area contributed by atoms with Crippen molar-refractivity contribution in [1.82, 2.24) is 0 Å². The third kappa shape index (κ3) is 1.78. The van der Waals surface area contributed by atoms with Crippen molar-refractivity contribution in [1.29, 1.82) is 0 Å².